The fraction of sp³-hybridized carbons (Fsp3) is 1.00. The van der Waals surface area contributed by atoms with Gasteiger partial charge in [0.25, 0.3) is 0 Å². The second kappa shape index (κ2) is 6.36. The Kier molecular flexibility index (Phi) is 4.76. The number of hydrogen-bond acceptors (Lipinski definition) is 3. The molecular weight excluding hydrogens is 252 g/mol. The van der Waals surface area contributed by atoms with Gasteiger partial charge in [0.05, 0.1) is 0 Å². The number of rotatable bonds is 5. The molecule has 0 amide bonds. The summed E-state index contributed by atoms with van der Waals surface area (Å²) in [6, 6.07) is 1.61. The second-order valence-corrected chi connectivity index (χ2v) is 8.15. The number of thioether (sulfide) groups is 1. The molecule has 3 fully saturated rings. The Hall–Kier alpha value is 0.270. The molecule has 1 saturated heterocycles. The van der Waals surface area contributed by atoms with E-state index in [1.165, 1.54) is 70.9 Å². The SMILES string of the molecule is CSC1(CNC2CCCC2C2CCCN2)CCCC1. The molecular formula is C16H30N2S. The molecule has 2 saturated carbocycles. The maximum Gasteiger partial charge on any atom is 0.0281 e. The van der Waals surface area contributed by atoms with E-state index in [0.717, 1.165) is 18.0 Å². The molecule has 0 radical (unpaired) electrons. The molecule has 0 aromatic rings. The Labute approximate surface area is 122 Å². The average molecular weight is 282 g/mol. The highest BCUT2D eigenvalue weighted by Gasteiger charge is 2.38. The third kappa shape index (κ3) is 3.14. The predicted octanol–water partition coefficient (Wildman–Crippen LogP) is 3.17. The van der Waals surface area contributed by atoms with Crippen LogP contribution in [-0.2, 0) is 0 Å². The molecule has 2 nitrogen and oxygen atoms in total. The van der Waals surface area contributed by atoms with Crippen molar-refractivity contribution in [3.05, 3.63) is 0 Å². The minimum absolute atomic E-state index is 0.566. The molecule has 2 aliphatic carbocycles. The summed E-state index contributed by atoms with van der Waals surface area (Å²) in [5.41, 5.74) is 0. The molecule has 3 rings (SSSR count). The summed E-state index contributed by atoms with van der Waals surface area (Å²) >= 11 is 2.12. The molecule has 3 heteroatoms. The van der Waals surface area contributed by atoms with Crippen molar-refractivity contribution in [1.82, 2.24) is 10.6 Å². The van der Waals surface area contributed by atoms with Crippen molar-refractivity contribution < 1.29 is 0 Å². The lowest BCUT2D eigenvalue weighted by molar-refractivity contribution is 0.312. The van der Waals surface area contributed by atoms with E-state index in [2.05, 4.69) is 28.7 Å². The van der Waals surface area contributed by atoms with Gasteiger partial charge in [0.15, 0.2) is 0 Å². The maximum atomic E-state index is 3.98. The summed E-state index contributed by atoms with van der Waals surface area (Å²) in [7, 11) is 0. The summed E-state index contributed by atoms with van der Waals surface area (Å²) in [5, 5.41) is 7.72. The van der Waals surface area contributed by atoms with Gasteiger partial charge < -0.3 is 10.6 Å². The van der Waals surface area contributed by atoms with E-state index < -0.39 is 0 Å². The van der Waals surface area contributed by atoms with Crippen LogP contribution in [0.25, 0.3) is 0 Å². The van der Waals surface area contributed by atoms with Crippen molar-refractivity contribution in [2.24, 2.45) is 5.92 Å². The van der Waals surface area contributed by atoms with Gasteiger partial charge in [-0.25, -0.2) is 0 Å². The van der Waals surface area contributed by atoms with Gasteiger partial charge in [0.1, 0.15) is 0 Å². The second-order valence-electron chi connectivity index (χ2n) is 6.88. The van der Waals surface area contributed by atoms with Gasteiger partial charge in [-0.1, -0.05) is 19.3 Å². The normalized spacial score (nSPS) is 38.1. The summed E-state index contributed by atoms with van der Waals surface area (Å²) in [4.78, 5) is 0. The first-order valence-corrected chi connectivity index (χ1v) is 9.57. The molecule has 0 spiro atoms. The van der Waals surface area contributed by atoms with Gasteiger partial charge in [0, 0.05) is 23.4 Å². The highest BCUT2D eigenvalue weighted by atomic mass is 32.2. The average Bonchev–Trinajstić information content (AvgIpc) is 3.17. The molecule has 0 bridgehead atoms. The van der Waals surface area contributed by atoms with Gasteiger partial charge in [-0.05, 0) is 57.2 Å². The van der Waals surface area contributed by atoms with Crippen molar-refractivity contribution in [2.45, 2.75) is 74.6 Å². The van der Waals surface area contributed by atoms with Crippen LogP contribution < -0.4 is 10.6 Å². The van der Waals surface area contributed by atoms with Crippen LogP contribution in [0.5, 0.6) is 0 Å². The maximum absolute atomic E-state index is 3.98. The van der Waals surface area contributed by atoms with E-state index in [-0.39, 0.29) is 0 Å². The van der Waals surface area contributed by atoms with Crippen LogP contribution in [0.15, 0.2) is 0 Å². The summed E-state index contributed by atoms with van der Waals surface area (Å²) < 4.78 is 0.566. The topological polar surface area (TPSA) is 24.1 Å². The van der Waals surface area contributed by atoms with Crippen molar-refractivity contribution >= 4 is 11.8 Å². The zero-order chi connectivity index (χ0) is 13.1. The van der Waals surface area contributed by atoms with E-state index in [0.29, 0.717) is 4.75 Å². The van der Waals surface area contributed by atoms with Crippen LogP contribution in [0.3, 0.4) is 0 Å². The van der Waals surface area contributed by atoms with Gasteiger partial charge in [-0.2, -0.15) is 11.8 Å². The van der Waals surface area contributed by atoms with Crippen LogP contribution in [0.4, 0.5) is 0 Å². The largest absolute Gasteiger partial charge is 0.314 e. The van der Waals surface area contributed by atoms with Gasteiger partial charge in [0.2, 0.25) is 0 Å². The monoisotopic (exact) mass is 282 g/mol. The molecule has 110 valence electrons. The fourth-order valence-corrected chi connectivity index (χ4v) is 5.51. The molecule has 1 aliphatic heterocycles. The Morgan fingerprint density at radius 2 is 1.95 bits per heavy atom. The van der Waals surface area contributed by atoms with E-state index >= 15 is 0 Å². The lowest BCUT2D eigenvalue weighted by Crippen LogP contribution is -2.46. The lowest BCUT2D eigenvalue weighted by atomic mass is 9.92. The molecule has 19 heavy (non-hydrogen) atoms. The first kappa shape index (κ1) is 14.2. The van der Waals surface area contributed by atoms with Gasteiger partial charge >= 0.3 is 0 Å². The van der Waals surface area contributed by atoms with Crippen LogP contribution in [0, 0.1) is 5.92 Å². The molecule has 0 aromatic heterocycles. The van der Waals surface area contributed by atoms with Crippen LogP contribution >= 0.6 is 11.8 Å². The molecule has 2 N–H and O–H groups in total. The Morgan fingerprint density at radius 3 is 2.63 bits per heavy atom. The van der Waals surface area contributed by atoms with E-state index in [1.807, 2.05) is 0 Å². The van der Waals surface area contributed by atoms with Crippen molar-refractivity contribution in [3.63, 3.8) is 0 Å². The number of hydrogen-bond donors (Lipinski definition) is 2. The third-order valence-corrected chi connectivity index (χ3v) is 7.24. The molecule has 0 aromatic carbocycles. The highest BCUT2D eigenvalue weighted by molar-refractivity contribution is 8.00. The summed E-state index contributed by atoms with van der Waals surface area (Å²) in [5.74, 6) is 0.905. The zero-order valence-corrected chi connectivity index (χ0v) is 13.2. The minimum Gasteiger partial charge on any atom is -0.314 e. The Morgan fingerprint density at radius 1 is 1.11 bits per heavy atom. The smallest absolute Gasteiger partial charge is 0.0281 e. The first-order valence-electron chi connectivity index (χ1n) is 8.35. The van der Waals surface area contributed by atoms with Crippen LogP contribution in [0.1, 0.15) is 57.8 Å². The molecule has 3 aliphatic rings. The number of nitrogens with one attached hydrogen (secondary N) is 2. The summed E-state index contributed by atoms with van der Waals surface area (Å²) in [6.07, 6.45) is 15.2. The van der Waals surface area contributed by atoms with E-state index in [9.17, 15) is 0 Å². The fourth-order valence-electron chi connectivity index (χ4n) is 4.59. The third-order valence-electron chi connectivity index (χ3n) is 5.82. The molecule has 3 atom stereocenters. The lowest BCUT2D eigenvalue weighted by Gasteiger charge is -2.32. The highest BCUT2D eigenvalue weighted by Crippen LogP contribution is 2.40. The van der Waals surface area contributed by atoms with Crippen molar-refractivity contribution in [3.8, 4) is 0 Å². The van der Waals surface area contributed by atoms with E-state index in [1.54, 1.807) is 0 Å². The Balaban J connectivity index is 1.53. The molecule has 1 heterocycles. The standard InChI is InChI=1S/C16H30N2S/c1-19-16(9-2-3-10-16)12-18-15-7-4-6-13(15)14-8-5-11-17-14/h13-15,17-18H,2-12H2,1H3. The Bertz CT molecular complexity index is 282. The van der Waals surface area contributed by atoms with Crippen LogP contribution in [-0.4, -0.2) is 36.2 Å². The van der Waals surface area contributed by atoms with Crippen molar-refractivity contribution in [1.29, 1.82) is 0 Å². The van der Waals surface area contributed by atoms with Gasteiger partial charge in [-0.3, -0.25) is 0 Å². The minimum atomic E-state index is 0.566. The quantitative estimate of drug-likeness (QED) is 0.810. The zero-order valence-electron chi connectivity index (χ0n) is 12.4. The van der Waals surface area contributed by atoms with Crippen molar-refractivity contribution in [2.75, 3.05) is 19.3 Å². The summed E-state index contributed by atoms with van der Waals surface area (Å²) in [6.45, 7) is 2.50. The van der Waals surface area contributed by atoms with Gasteiger partial charge in [-0.15, -0.1) is 0 Å². The molecule has 3 unspecified atom stereocenters. The predicted molar refractivity (Wildman–Crippen MR) is 84.9 cm³/mol. The first-order chi connectivity index (χ1) is 9.33. The van der Waals surface area contributed by atoms with Crippen LogP contribution in [0.2, 0.25) is 0 Å². The van der Waals surface area contributed by atoms with E-state index in [4.69, 9.17) is 0 Å².